The fraction of sp³-hybridized carbons (Fsp3) is 0.350. The van der Waals surface area contributed by atoms with Crippen LogP contribution in [0.25, 0.3) is 0 Å². The Morgan fingerprint density at radius 1 is 1.26 bits per heavy atom. The fourth-order valence-corrected chi connectivity index (χ4v) is 2.78. The van der Waals surface area contributed by atoms with Crippen LogP contribution in [0.3, 0.4) is 0 Å². The lowest BCUT2D eigenvalue weighted by atomic mass is 9.88. The number of carbonyl (C=O) groups excluding carboxylic acids is 2. The van der Waals surface area contributed by atoms with Gasteiger partial charge in [-0.2, -0.15) is 0 Å². The molecule has 0 bridgehead atoms. The molecule has 1 atom stereocenters. The molecular weight excluding hydrogens is 344 g/mol. The Hall–Kier alpha value is -2.93. The molecule has 2 aromatic rings. The molecule has 142 valence electrons. The number of ether oxygens (including phenoxy) is 1. The van der Waals surface area contributed by atoms with E-state index in [1.165, 1.54) is 6.20 Å². The lowest BCUT2D eigenvalue weighted by Gasteiger charge is -2.31. The second-order valence-electron chi connectivity index (χ2n) is 6.73. The number of amides is 2. The maximum Gasteiger partial charge on any atom is 0.269 e. The topological polar surface area (TPSA) is 92.4 Å². The Balaban J connectivity index is 1.73. The van der Waals surface area contributed by atoms with Gasteiger partial charge in [-0.1, -0.05) is 13.0 Å². The molecule has 1 aromatic carbocycles. The van der Waals surface area contributed by atoms with Crippen LogP contribution in [0.1, 0.15) is 23.0 Å². The predicted molar refractivity (Wildman–Crippen MR) is 103 cm³/mol. The van der Waals surface area contributed by atoms with Gasteiger partial charge in [-0.3, -0.25) is 14.6 Å². The molecule has 2 heterocycles. The van der Waals surface area contributed by atoms with Gasteiger partial charge in [0.2, 0.25) is 5.91 Å². The second kappa shape index (κ2) is 8.18. The maximum absolute atomic E-state index is 12.4. The maximum atomic E-state index is 12.4. The SMILES string of the molecule is CNC(=O)c1cc(Oc2cc(NC(=O)C(C)C3CNC3)ccc2C)ccn1. The fourth-order valence-electron chi connectivity index (χ4n) is 2.78. The summed E-state index contributed by atoms with van der Waals surface area (Å²) in [5, 5.41) is 8.68. The number of nitrogens with one attached hydrogen (secondary N) is 3. The van der Waals surface area contributed by atoms with Crippen molar-refractivity contribution in [3.8, 4) is 11.5 Å². The zero-order valence-electron chi connectivity index (χ0n) is 15.7. The quantitative estimate of drug-likeness (QED) is 0.728. The van der Waals surface area contributed by atoms with Crippen molar-refractivity contribution in [1.82, 2.24) is 15.6 Å². The van der Waals surface area contributed by atoms with Crippen LogP contribution in [0.15, 0.2) is 36.5 Å². The largest absolute Gasteiger partial charge is 0.457 e. The average molecular weight is 368 g/mol. The van der Waals surface area contributed by atoms with E-state index < -0.39 is 0 Å². The van der Waals surface area contributed by atoms with Crippen LogP contribution in [0.5, 0.6) is 11.5 Å². The van der Waals surface area contributed by atoms with E-state index in [0.29, 0.717) is 23.1 Å². The Morgan fingerprint density at radius 2 is 2.04 bits per heavy atom. The number of hydrogen-bond acceptors (Lipinski definition) is 5. The third-order valence-electron chi connectivity index (χ3n) is 4.81. The van der Waals surface area contributed by atoms with Gasteiger partial charge in [0.25, 0.3) is 5.91 Å². The highest BCUT2D eigenvalue weighted by molar-refractivity contribution is 5.93. The summed E-state index contributed by atoms with van der Waals surface area (Å²) in [6.45, 7) is 5.63. The molecular formula is C20H24N4O3. The van der Waals surface area contributed by atoms with Gasteiger partial charge >= 0.3 is 0 Å². The van der Waals surface area contributed by atoms with E-state index in [1.54, 1.807) is 25.2 Å². The third-order valence-corrected chi connectivity index (χ3v) is 4.81. The highest BCUT2D eigenvalue weighted by Gasteiger charge is 2.28. The van der Waals surface area contributed by atoms with Crippen molar-refractivity contribution in [2.24, 2.45) is 11.8 Å². The summed E-state index contributed by atoms with van der Waals surface area (Å²) >= 11 is 0. The van der Waals surface area contributed by atoms with Crippen molar-refractivity contribution in [1.29, 1.82) is 0 Å². The number of aryl methyl sites for hydroxylation is 1. The van der Waals surface area contributed by atoms with E-state index >= 15 is 0 Å². The monoisotopic (exact) mass is 368 g/mol. The van der Waals surface area contributed by atoms with Gasteiger partial charge in [0.1, 0.15) is 17.2 Å². The van der Waals surface area contributed by atoms with Crippen LogP contribution >= 0.6 is 0 Å². The number of pyridine rings is 1. The normalized spacial score (nSPS) is 14.8. The summed E-state index contributed by atoms with van der Waals surface area (Å²) in [5.41, 5.74) is 1.88. The van der Waals surface area contributed by atoms with Gasteiger partial charge in [0.05, 0.1) is 0 Å². The molecule has 2 amide bonds. The third kappa shape index (κ3) is 4.43. The summed E-state index contributed by atoms with van der Waals surface area (Å²) in [6.07, 6.45) is 1.52. The standard InChI is InChI=1S/C20H24N4O3/c1-12-4-5-15(24-19(25)13(2)14-10-22-11-14)8-18(12)27-16-6-7-23-17(9-16)20(26)21-3/h4-9,13-14,22H,10-11H2,1-3H3,(H,21,26)(H,24,25). The van der Waals surface area contributed by atoms with Crippen molar-refractivity contribution in [3.63, 3.8) is 0 Å². The lowest BCUT2D eigenvalue weighted by molar-refractivity contribution is -0.121. The van der Waals surface area contributed by atoms with Crippen molar-refractivity contribution in [2.45, 2.75) is 13.8 Å². The summed E-state index contributed by atoms with van der Waals surface area (Å²) in [6, 6.07) is 8.80. The second-order valence-corrected chi connectivity index (χ2v) is 6.73. The van der Waals surface area contributed by atoms with E-state index in [2.05, 4.69) is 20.9 Å². The van der Waals surface area contributed by atoms with Crippen LogP contribution in [-0.2, 0) is 4.79 Å². The first-order valence-electron chi connectivity index (χ1n) is 8.96. The van der Waals surface area contributed by atoms with E-state index in [4.69, 9.17) is 4.74 Å². The highest BCUT2D eigenvalue weighted by Crippen LogP contribution is 2.29. The number of carbonyl (C=O) groups is 2. The molecule has 1 aliphatic rings. The molecule has 1 fully saturated rings. The summed E-state index contributed by atoms with van der Waals surface area (Å²) < 4.78 is 5.93. The Labute approximate surface area is 158 Å². The van der Waals surface area contributed by atoms with E-state index in [1.807, 2.05) is 26.0 Å². The van der Waals surface area contributed by atoms with E-state index in [9.17, 15) is 9.59 Å². The zero-order chi connectivity index (χ0) is 19.4. The number of nitrogens with zero attached hydrogens (tertiary/aromatic N) is 1. The Kier molecular flexibility index (Phi) is 5.71. The molecule has 1 aromatic heterocycles. The van der Waals surface area contributed by atoms with Crippen molar-refractivity contribution >= 4 is 17.5 Å². The average Bonchev–Trinajstić information content (AvgIpc) is 2.62. The van der Waals surface area contributed by atoms with Crippen molar-refractivity contribution in [3.05, 3.63) is 47.8 Å². The van der Waals surface area contributed by atoms with Crippen molar-refractivity contribution < 1.29 is 14.3 Å². The molecule has 1 aliphatic heterocycles. The molecule has 3 N–H and O–H groups in total. The van der Waals surface area contributed by atoms with Gasteiger partial charge in [-0.15, -0.1) is 0 Å². The number of benzene rings is 1. The van der Waals surface area contributed by atoms with E-state index in [0.717, 1.165) is 18.7 Å². The van der Waals surface area contributed by atoms with Crippen molar-refractivity contribution in [2.75, 3.05) is 25.5 Å². The first-order chi connectivity index (χ1) is 13.0. The summed E-state index contributed by atoms with van der Waals surface area (Å²) in [5.74, 6) is 1.17. The van der Waals surface area contributed by atoms with Crippen LogP contribution in [0, 0.1) is 18.8 Å². The van der Waals surface area contributed by atoms with Gasteiger partial charge < -0.3 is 20.7 Å². The summed E-state index contributed by atoms with van der Waals surface area (Å²) in [4.78, 5) is 28.2. The first-order valence-corrected chi connectivity index (χ1v) is 8.96. The van der Waals surface area contributed by atoms with Crippen LogP contribution < -0.4 is 20.7 Å². The van der Waals surface area contributed by atoms with Crippen LogP contribution in [0.2, 0.25) is 0 Å². The minimum atomic E-state index is -0.280. The Morgan fingerprint density at radius 3 is 2.70 bits per heavy atom. The van der Waals surface area contributed by atoms with E-state index in [-0.39, 0.29) is 23.4 Å². The zero-order valence-corrected chi connectivity index (χ0v) is 15.7. The minimum Gasteiger partial charge on any atom is -0.457 e. The first kappa shape index (κ1) is 18.8. The molecule has 7 heteroatoms. The molecule has 7 nitrogen and oxygen atoms in total. The molecule has 0 radical (unpaired) electrons. The number of anilines is 1. The van der Waals surface area contributed by atoms with Gasteiger partial charge in [-0.05, 0) is 43.6 Å². The van der Waals surface area contributed by atoms with Gasteiger partial charge in [0.15, 0.2) is 0 Å². The number of rotatable bonds is 6. The van der Waals surface area contributed by atoms with Gasteiger partial charge in [-0.25, -0.2) is 0 Å². The predicted octanol–water partition coefficient (Wildman–Crippen LogP) is 2.34. The smallest absolute Gasteiger partial charge is 0.269 e. The molecule has 3 rings (SSSR count). The molecule has 27 heavy (non-hydrogen) atoms. The highest BCUT2D eigenvalue weighted by atomic mass is 16.5. The van der Waals surface area contributed by atoms with Crippen LogP contribution in [-0.4, -0.2) is 36.9 Å². The molecule has 0 aliphatic carbocycles. The molecule has 0 saturated carbocycles. The molecule has 1 saturated heterocycles. The Bertz CT molecular complexity index is 849. The number of hydrogen-bond donors (Lipinski definition) is 3. The summed E-state index contributed by atoms with van der Waals surface area (Å²) in [7, 11) is 1.55. The number of aromatic nitrogens is 1. The minimum absolute atomic E-state index is 0.00196. The molecule has 1 unspecified atom stereocenters. The lowest BCUT2D eigenvalue weighted by Crippen LogP contribution is -2.48. The van der Waals surface area contributed by atoms with Crippen LogP contribution in [0.4, 0.5) is 5.69 Å². The van der Waals surface area contributed by atoms with Gasteiger partial charge in [0, 0.05) is 37.0 Å². The molecule has 0 spiro atoms.